The molecule has 4 aromatic rings. The molecule has 220 valence electrons. The number of aromatic nitrogens is 3. The fourth-order valence-electron chi connectivity index (χ4n) is 4.54. The van der Waals surface area contributed by atoms with Crippen molar-refractivity contribution in [3.8, 4) is 17.2 Å². The molecule has 42 heavy (non-hydrogen) atoms. The molecular formula is C30H34N6O5S. The number of nitrogens with zero attached hydrogens (tertiary/aromatic N) is 5. The van der Waals surface area contributed by atoms with Gasteiger partial charge in [0.15, 0.2) is 5.82 Å². The summed E-state index contributed by atoms with van der Waals surface area (Å²) < 4.78 is 45.7. The highest BCUT2D eigenvalue weighted by Gasteiger charge is 2.32. The monoisotopic (exact) mass is 590 g/mol. The fraction of sp³-hybridized carbons (Fsp3) is 0.333. The second kappa shape index (κ2) is 13.1. The molecule has 0 saturated carbocycles. The molecule has 0 amide bonds. The molecule has 0 spiro atoms. The molecule has 11 nitrogen and oxygen atoms in total. The predicted molar refractivity (Wildman–Crippen MR) is 158 cm³/mol. The number of ether oxygens (including phenoxy) is 2. The standard InChI is InChI=1S/C30H34N6O5S/c1-7-40-17-24-14-23(16-32-29-27(15-31)20(3)33-22(5)34-29)12-13-25(24)26-10-8-9-11-28(26)42(37,38)36(18-39-6)30-19(2)21(4)41-35-30/h8-14H,7,16-18H2,1-6H3,(H,32,33,34). The number of methoxy groups -OCH3 is 1. The Bertz CT molecular complexity index is 1730. The molecule has 0 unspecified atom stereocenters. The van der Waals surface area contributed by atoms with E-state index in [9.17, 15) is 13.7 Å². The Morgan fingerprint density at radius 1 is 1.07 bits per heavy atom. The van der Waals surface area contributed by atoms with Crippen molar-refractivity contribution in [3.63, 3.8) is 0 Å². The first kappa shape index (κ1) is 30.6. The Balaban J connectivity index is 1.76. The largest absolute Gasteiger partial charge is 0.377 e. The van der Waals surface area contributed by atoms with Crippen LogP contribution in [0.1, 0.15) is 46.5 Å². The van der Waals surface area contributed by atoms with E-state index in [0.717, 1.165) is 15.4 Å². The van der Waals surface area contributed by atoms with Crippen molar-refractivity contribution in [2.45, 2.75) is 52.7 Å². The van der Waals surface area contributed by atoms with Crippen LogP contribution in [0.3, 0.4) is 0 Å². The van der Waals surface area contributed by atoms with E-state index in [1.54, 1.807) is 52.0 Å². The highest BCUT2D eigenvalue weighted by Crippen LogP contribution is 2.35. The van der Waals surface area contributed by atoms with Gasteiger partial charge >= 0.3 is 0 Å². The van der Waals surface area contributed by atoms with Crippen LogP contribution in [0.5, 0.6) is 0 Å². The summed E-state index contributed by atoms with van der Waals surface area (Å²) in [4.78, 5) is 8.76. The van der Waals surface area contributed by atoms with Crippen LogP contribution in [0.4, 0.5) is 11.6 Å². The lowest BCUT2D eigenvalue weighted by molar-refractivity contribution is 0.134. The molecule has 12 heteroatoms. The molecule has 0 aliphatic rings. The summed E-state index contributed by atoms with van der Waals surface area (Å²) in [6.07, 6.45) is 0. The van der Waals surface area contributed by atoms with E-state index in [2.05, 4.69) is 26.5 Å². The lowest BCUT2D eigenvalue weighted by Crippen LogP contribution is -2.34. The molecule has 2 aromatic heterocycles. The molecule has 0 aliphatic carbocycles. The van der Waals surface area contributed by atoms with E-state index < -0.39 is 10.0 Å². The van der Waals surface area contributed by atoms with Gasteiger partial charge in [0.1, 0.15) is 35.8 Å². The lowest BCUT2D eigenvalue weighted by atomic mass is 9.97. The minimum Gasteiger partial charge on any atom is -0.377 e. The average Bonchev–Trinajstić information content (AvgIpc) is 3.30. The Hall–Kier alpha value is -4.31. The predicted octanol–water partition coefficient (Wildman–Crippen LogP) is 5.18. The summed E-state index contributed by atoms with van der Waals surface area (Å²) in [5.74, 6) is 1.72. The molecule has 0 radical (unpaired) electrons. The van der Waals surface area contributed by atoms with E-state index in [0.29, 0.717) is 58.5 Å². The van der Waals surface area contributed by atoms with Gasteiger partial charge in [-0.15, -0.1) is 0 Å². The van der Waals surface area contributed by atoms with Gasteiger partial charge in [0.05, 0.1) is 17.2 Å². The van der Waals surface area contributed by atoms with Crippen LogP contribution in [0.15, 0.2) is 51.9 Å². The number of rotatable bonds is 12. The smallest absolute Gasteiger partial charge is 0.268 e. The molecule has 0 aliphatic heterocycles. The number of aryl methyl sites for hydroxylation is 3. The minimum atomic E-state index is -4.13. The summed E-state index contributed by atoms with van der Waals surface area (Å²) in [5, 5.41) is 16.8. The highest BCUT2D eigenvalue weighted by atomic mass is 32.2. The summed E-state index contributed by atoms with van der Waals surface area (Å²) in [6.45, 7) is 9.83. The normalized spacial score (nSPS) is 11.4. The van der Waals surface area contributed by atoms with Crippen LogP contribution in [0.25, 0.3) is 11.1 Å². The van der Waals surface area contributed by atoms with Crippen molar-refractivity contribution in [2.24, 2.45) is 0 Å². The average molecular weight is 591 g/mol. The van der Waals surface area contributed by atoms with Gasteiger partial charge in [-0.3, -0.25) is 0 Å². The highest BCUT2D eigenvalue weighted by molar-refractivity contribution is 7.93. The fourth-order valence-corrected chi connectivity index (χ4v) is 6.13. The summed E-state index contributed by atoms with van der Waals surface area (Å²) in [5.41, 5.74) is 4.54. The quantitative estimate of drug-likeness (QED) is 0.219. The van der Waals surface area contributed by atoms with Gasteiger partial charge in [-0.25, -0.2) is 22.7 Å². The van der Waals surface area contributed by atoms with Crippen LogP contribution < -0.4 is 9.62 Å². The number of nitriles is 1. The minimum absolute atomic E-state index is 0.0938. The summed E-state index contributed by atoms with van der Waals surface area (Å²) >= 11 is 0. The van der Waals surface area contributed by atoms with Gasteiger partial charge in [-0.2, -0.15) is 5.26 Å². The molecule has 0 atom stereocenters. The Kier molecular flexibility index (Phi) is 9.57. The molecule has 0 saturated heterocycles. The van der Waals surface area contributed by atoms with Gasteiger partial charge in [0, 0.05) is 31.4 Å². The molecule has 1 N–H and O–H groups in total. The van der Waals surface area contributed by atoms with E-state index in [4.69, 9.17) is 14.0 Å². The van der Waals surface area contributed by atoms with Crippen molar-refractivity contribution in [1.29, 1.82) is 5.26 Å². The van der Waals surface area contributed by atoms with E-state index in [1.165, 1.54) is 7.11 Å². The number of sulfonamides is 1. The summed E-state index contributed by atoms with van der Waals surface area (Å²) in [7, 11) is -2.70. The van der Waals surface area contributed by atoms with Crippen LogP contribution in [0, 0.1) is 39.0 Å². The third kappa shape index (κ3) is 6.28. The van der Waals surface area contributed by atoms with Crippen molar-refractivity contribution in [2.75, 3.05) is 30.1 Å². The van der Waals surface area contributed by atoms with Crippen molar-refractivity contribution >= 4 is 21.7 Å². The molecule has 0 fully saturated rings. The van der Waals surface area contributed by atoms with E-state index in [1.807, 2.05) is 25.1 Å². The molecule has 2 aromatic carbocycles. The third-order valence-corrected chi connectivity index (χ3v) is 8.54. The van der Waals surface area contributed by atoms with Crippen LogP contribution >= 0.6 is 0 Å². The Morgan fingerprint density at radius 3 is 2.50 bits per heavy atom. The number of nitrogens with one attached hydrogen (secondary N) is 1. The van der Waals surface area contributed by atoms with Gasteiger partial charge in [0.2, 0.25) is 0 Å². The molecular weight excluding hydrogens is 556 g/mol. The van der Waals surface area contributed by atoms with Crippen LogP contribution in [0.2, 0.25) is 0 Å². The van der Waals surface area contributed by atoms with E-state index >= 15 is 0 Å². The maximum atomic E-state index is 14.1. The molecule has 0 bridgehead atoms. The zero-order valence-corrected chi connectivity index (χ0v) is 25.4. The second-order valence-corrected chi connectivity index (χ2v) is 11.5. The number of benzene rings is 2. The Labute approximate surface area is 246 Å². The Morgan fingerprint density at radius 2 is 1.83 bits per heavy atom. The zero-order valence-electron chi connectivity index (χ0n) is 24.6. The van der Waals surface area contributed by atoms with Crippen LogP contribution in [-0.2, 0) is 32.6 Å². The maximum absolute atomic E-state index is 14.1. The van der Waals surface area contributed by atoms with Crippen molar-refractivity contribution < 1.29 is 22.4 Å². The van der Waals surface area contributed by atoms with Gasteiger partial charge in [-0.05, 0) is 57.4 Å². The zero-order chi connectivity index (χ0) is 30.4. The first-order valence-electron chi connectivity index (χ1n) is 13.3. The third-order valence-electron chi connectivity index (χ3n) is 6.77. The first-order chi connectivity index (χ1) is 20.1. The van der Waals surface area contributed by atoms with Crippen molar-refractivity contribution in [1.82, 2.24) is 15.1 Å². The lowest BCUT2D eigenvalue weighted by Gasteiger charge is -2.23. The molecule has 2 heterocycles. The SMILES string of the molecule is CCOCc1cc(CNc2nc(C)nc(C)c2C#N)ccc1-c1ccccc1S(=O)(=O)N(COC)c1noc(C)c1C. The second-order valence-electron chi connectivity index (χ2n) is 9.63. The van der Waals surface area contributed by atoms with E-state index in [-0.39, 0.29) is 24.1 Å². The first-order valence-corrected chi connectivity index (χ1v) is 14.8. The number of anilines is 2. The van der Waals surface area contributed by atoms with Crippen molar-refractivity contribution in [3.05, 3.63) is 82.0 Å². The topological polar surface area (TPSA) is 143 Å². The number of hydrogen-bond acceptors (Lipinski definition) is 10. The number of hydrogen-bond donors (Lipinski definition) is 1. The van der Waals surface area contributed by atoms with Gasteiger partial charge < -0.3 is 19.3 Å². The van der Waals surface area contributed by atoms with Crippen LogP contribution in [-0.4, -0.2) is 44.0 Å². The molecule has 4 rings (SSSR count). The summed E-state index contributed by atoms with van der Waals surface area (Å²) in [6, 6.07) is 14.7. The van der Waals surface area contributed by atoms with Gasteiger partial charge in [-0.1, -0.05) is 41.6 Å². The maximum Gasteiger partial charge on any atom is 0.268 e. The van der Waals surface area contributed by atoms with Gasteiger partial charge in [0.25, 0.3) is 10.0 Å².